The van der Waals surface area contributed by atoms with E-state index < -0.39 is 16.6 Å². The third-order valence-electron chi connectivity index (χ3n) is 9.87. The van der Waals surface area contributed by atoms with Crippen LogP contribution in [0.4, 0.5) is 0 Å². The average Bonchev–Trinajstić information content (AvgIpc) is 3.80. The molecule has 6 nitrogen and oxygen atoms in total. The van der Waals surface area contributed by atoms with Crippen molar-refractivity contribution < 1.29 is 8.85 Å². The van der Waals surface area contributed by atoms with Crippen LogP contribution in [0.2, 0.25) is 39.3 Å². The summed E-state index contributed by atoms with van der Waals surface area (Å²) in [5.41, 5.74) is 3.82. The van der Waals surface area contributed by atoms with Crippen molar-refractivity contribution >= 4 is 103 Å². The van der Waals surface area contributed by atoms with Crippen LogP contribution in [0.1, 0.15) is 48.3 Å². The fourth-order valence-corrected chi connectivity index (χ4v) is 11.4. The number of aryl methyl sites for hydroxylation is 2. The molecule has 0 bridgehead atoms. The molecule has 0 unspecified atom stereocenters. The first-order valence-electron chi connectivity index (χ1n) is 18.1. The van der Waals surface area contributed by atoms with Crippen LogP contribution in [-0.2, 0) is 21.7 Å². The maximum atomic E-state index is 14.2. The molecule has 260 valence electrons. The number of hydrogen-bond acceptors (Lipinski definition) is 6. The molecule has 0 fully saturated rings. The highest BCUT2D eigenvalue weighted by atomic mass is 32.1. The van der Waals surface area contributed by atoms with Crippen molar-refractivity contribution in [3.8, 4) is 0 Å². The van der Waals surface area contributed by atoms with Crippen molar-refractivity contribution in [1.29, 1.82) is 0 Å². The quantitative estimate of drug-likeness (QED) is 0.0633. The Morgan fingerprint density at radius 3 is 1.32 bits per heavy atom. The molecule has 6 aromatic heterocycles. The van der Waals surface area contributed by atoms with Crippen LogP contribution < -0.4 is 11.1 Å². The van der Waals surface area contributed by atoms with E-state index >= 15 is 0 Å². The number of benzene rings is 2. The van der Waals surface area contributed by atoms with Gasteiger partial charge in [-0.1, -0.05) is 25.0 Å². The van der Waals surface area contributed by atoms with Gasteiger partial charge in [0.05, 0.1) is 31.5 Å². The van der Waals surface area contributed by atoms with E-state index in [2.05, 4.69) is 75.7 Å². The molecular formula is C40H46N2O4S2Si2. The van der Waals surface area contributed by atoms with Crippen molar-refractivity contribution in [2.45, 2.75) is 90.6 Å². The molecule has 0 radical (unpaired) electrons. The first kappa shape index (κ1) is 34.0. The Balaban J connectivity index is 1.11. The SMILES string of the molecule is C[Si](C)(C)OCCCCCc1cc2c(cc3c4ccc5c6c(ccc(c(=O)n23)c46)c(=O)n2c3cc(CCCCCO[Si](C)(C)C)sc3cc52)s1. The maximum Gasteiger partial charge on any atom is 0.263 e. The summed E-state index contributed by atoms with van der Waals surface area (Å²) in [5, 5.41) is 5.22. The largest absolute Gasteiger partial charge is 0.418 e. The highest BCUT2D eigenvalue weighted by Gasteiger charge is 2.23. The van der Waals surface area contributed by atoms with Gasteiger partial charge in [-0.2, -0.15) is 0 Å². The zero-order chi connectivity index (χ0) is 34.9. The predicted octanol–water partition coefficient (Wildman–Crippen LogP) is 10.8. The van der Waals surface area contributed by atoms with E-state index in [-0.39, 0.29) is 11.1 Å². The third-order valence-corrected chi connectivity index (χ3v) is 14.3. The smallest absolute Gasteiger partial charge is 0.263 e. The maximum absolute atomic E-state index is 14.2. The van der Waals surface area contributed by atoms with Crippen molar-refractivity contribution in [3.63, 3.8) is 0 Å². The van der Waals surface area contributed by atoms with E-state index in [1.165, 1.54) is 9.75 Å². The average molecular weight is 739 g/mol. The lowest BCUT2D eigenvalue weighted by Crippen LogP contribution is -2.25. The van der Waals surface area contributed by atoms with Crippen LogP contribution in [0.15, 0.2) is 58.1 Å². The fourth-order valence-electron chi connectivity index (χ4n) is 7.60. The van der Waals surface area contributed by atoms with Crippen LogP contribution in [0, 0.1) is 0 Å². The van der Waals surface area contributed by atoms with Gasteiger partial charge < -0.3 is 8.85 Å². The van der Waals surface area contributed by atoms with Gasteiger partial charge in [-0.25, -0.2) is 0 Å². The Morgan fingerprint density at radius 2 is 0.920 bits per heavy atom. The number of rotatable bonds is 14. The Kier molecular flexibility index (Phi) is 8.72. The van der Waals surface area contributed by atoms with Crippen LogP contribution in [0.3, 0.4) is 0 Å². The molecule has 8 aromatic rings. The van der Waals surface area contributed by atoms with Crippen LogP contribution in [-0.4, -0.2) is 38.6 Å². The Morgan fingerprint density at radius 1 is 0.520 bits per heavy atom. The normalized spacial score (nSPS) is 13.3. The van der Waals surface area contributed by atoms with Gasteiger partial charge in [-0.15, -0.1) is 22.7 Å². The van der Waals surface area contributed by atoms with E-state index in [1.807, 2.05) is 20.9 Å². The highest BCUT2D eigenvalue weighted by molar-refractivity contribution is 7.19. The van der Waals surface area contributed by atoms with Gasteiger partial charge in [0, 0.05) is 55.3 Å². The Bertz CT molecular complexity index is 2460. The molecule has 10 heteroatoms. The van der Waals surface area contributed by atoms with Gasteiger partial charge in [0.2, 0.25) is 0 Å². The topological polar surface area (TPSA) is 61.4 Å². The summed E-state index contributed by atoms with van der Waals surface area (Å²) in [6.07, 6.45) is 8.76. The number of fused-ring (bicyclic) bond motifs is 8. The van der Waals surface area contributed by atoms with E-state index in [0.717, 1.165) is 118 Å². The first-order chi connectivity index (χ1) is 23.9. The van der Waals surface area contributed by atoms with Crippen molar-refractivity contribution in [2.24, 2.45) is 0 Å². The summed E-state index contributed by atoms with van der Waals surface area (Å²) in [6.45, 7) is 15.1. The standard InChI is InChI=1S/C40H46N2O4S2Si2/c1-49(2,3)45-19-11-7-9-13-25-21-33-35(47-25)23-31-27-15-16-28-32-24-36-34(22-26(48-36)14-10-8-12-20-46-50(4,5)6)42(32)40(44)30-18-17-29(37(27)38(28)30)39(43)41(31)33/h15-18,21-24H,7-14,19-20H2,1-6H3. The molecule has 0 atom stereocenters. The fraction of sp³-hybridized carbons (Fsp3) is 0.400. The molecule has 0 amide bonds. The molecule has 0 saturated carbocycles. The molecule has 0 aliphatic rings. The van der Waals surface area contributed by atoms with E-state index in [9.17, 15) is 9.59 Å². The molecule has 8 rings (SSSR count). The van der Waals surface area contributed by atoms with Gasteiger partial charge in [-0.3, -0.25) is 18.4 Å². The van der Waals surface area contributed by atoms with Crippen molar-refractivity contribution in [3.05, 3.63) is 79.0 Å². The molecule has 0 saturated heterocycles. The number of unbranched alkanes of at least 4 members (excludes halogenated alkanes) is 4. The second-order valence-electron chi connectivity index (χ2n) is 15.9. The van der Waals surface area contributed by atoms with Crippen LogP contribution in [0.5, 0.6) is 0 Å². The third kappa shape index (κ3) is 6.11. The molecule has 0 aliphatic heterocycles. The highest BCUT2D eigenvalue weighted by Crippen LogP contribution is 2.40. The van der Waals surface area contributed by atoms with Gasteiger partial charge in [0.15, 0.2) is 16.6 Å². The van der Waals surface area contributed by atoms with Crippen LogP contribution in [0.25, 0.3) is 63.8 Å². The van der Waals surface area contributed by atoms with Gasteiger partial charge >= 0.3 is 0 Å². The van der Waals surface area contributed by atoms with Crippen molar-refractivity contribution in [1.82, 2.24) is 8.80 Å². The summed E-state index contributed by atoms with van der Waals surface area (Å²) >= 11 is 3.60. The molecule has 0 N–H and O–H groups in total. The number of pyridine rings is 2. The van der Waals surface area contributed by atoms with Crippen molar-refractivity contribution in [2.75, 3.05) is 13.2 Å². The molecule has 0 aliphatic carbocycles. The minimum absolute atomic E-state index is 0.00915. The first-order valence-corrected chi connectivity index (χ1v) is 26.6. The van der Waals surface area contributed by atoms with E-state index in [1.54, 1.807) is 22.7 Å². The summed E-state index contributed by atoms with van der Waals surface area (Å²) in [5.74, 6) is 0. The minimum atomic E-state index is -1.45. The predicted molar refractivity (Wildman–Crippen MR) is 220 cm³/mol. The molecular weight excluding hydrogens is 693 g/mol. The van der Waals surface area contributed by atoms with E-state index in [4.69, 9.17) is 8.85 Å². The minimum Gasteiger partial charge on any atom is -0.418 e. The zero-order valence-corrected chi connectivity index (χ0v) is 33.7. The monoisotopic (exact) mass is 738 g/mol. The second kappa shape index (κ2) is 12.8. The van der Waals surface area contributed by atoms with Gasteiger partial charge in [-0.05, 0) is 114 Å². The summed E-state index contributed by atoms with van der Waals surface area (Å²) < 4.78 is 18.1. The molecule has 50 heavy (non-hydrogen) atoms. The lowest BCUT2D eigenvalue weighted by atomic mass is 9.95. The Hall–Kier alpha value is -3.13. The van der Waals surface area contributed by atoms with Crippen LogP contribution >= 0.6 is 22.7 Å². The summed E-state index contributed by atoms with van der Waals surface area (Å²) in [7, 11) is -2.90. The summed E-state index contributed by atoms with van der Waals surface area (Å²) in [6, 6.07) is 16.9. The molecule has 6 heterocycles. The molecule has 2 aromatic carbocycles. The summed E-state index contributed by atoms with van der Waals surface area (Å²) in [4.78, 5) is 31.1. The lowest BCUT2D eigenvalue weighted by Gasteiger charge is -2.16. The van der Waals surface area contributed by atoms with Gasteiger partial charge in [0.1, 0.15) is 0 Å². The zero-order valence-electron chi connectivity index (χ0n) is 30.0. The lowest BCUT2D eigenvalue weighted by molar-refractivity contribution is 0.299. The number of thiophene rings is 2. The second-order valence-corrected chi connectivity index (χ2v) is 27.2. The number of aromatic nitrogens is 2. The van der Waals surface area contributed by atoms with Gasteiger partial charge in [0.25, 0.3) is 11.1 Å². The Labute approximate surface area is 302 Å². The number of hydrogen-bond donors (Lipinski definition) is 0. The molecule has 0 spiro atoms. The number of nitrogens with zero attached hydrogens (tertiary/aromatic N) is 2. The van der Waals surface area contributed by atoms with E-state index in [0.29, 0.717) is 10.8 Å².